The van der Waals surface area contributed by atoms with Crippen molar-refractivity contribution in [2.24, 2.45) is 0 Å². The number of amides is 1. The highest BCUT2D eigenvalue weighted by Crippen LogP contribution is 2.39. The third-order valence-electron chi connectivity index (χ3n) is 4.92. The van der Waals surface area contributed by atoms with E-state index in [0.29, 0.717) is 27.9 Å². The number of pyridine rings is 1. The van der Waals surface area contributed by atoms with Crippen LogP contribution in [0.5, 0.6) is 0 Å². The Balaban J connectivity index is 1.75. The summed E-state index contributed by atoms with van der Waals surface area (Å²) in [5.74, 6) is -1.19. The quantitative estimate of drug-likeness (QED) is 0.329. The lowest BCUT2D eigenvalue weighted by atomic mass is 10.0. The van der Waals surface area contributed by atoms with Crippen LogP contribution in [0.15, 0.2) is 83.6 Å². The molecule has 0 saturated heterocycles. The van der Waals surface area contributed by atoms with Gasteiger partial charge in [0.2, 0.25) is 0 Å². The maximum absolute atomic E-state index is 13.6. The fraction of sp³-hybridized carbons (Fsp3) is 0.185. The van der Waals surface area contributed by atoms with Gasteiger partial charge in [0.05, 0.1) is 12.0 Å². The number of hydrogen-bond acceptors (Lipinski definition) is 8. The van der Waals surface area contributed by atoms with Gasteiger partial charge in [-0.3, -0.25) is 4.98 Å². The Bertz CT molecular complexity index is 1350. The number of carbonyl (C=O) groups excluding carboxylic acids is 2. The van der Waals surface area contributed by atoms with E-state index in [1.807, 2.05) is 6.07 Å². The van der Waals surface area contributed by atoms with Crippen LogP contribution in [0.2, 0.25) is 0 Å². The van der Waals surface area contributed by atoms with Crippen LogP contribution in [0.25, 0.3) is 22.4 Å². The third kappa shape index (κ3) is 6.69. The average Bonchev–Trinajstić information content (AvgIpc) is 3.29. The van der Waals surface area contributed by atoms with E-state index in [1.165, 1.54) is 24.3 Å². The molecule has 0 spiro atoms. The van der Waals surface area contributed by atoms with E-state index in [1.54, 1.807) is 69.6 Å². The lowest BCUT2D eigenvalue weighted by molar-refractivity contribution is -0.146. The first-order valence-corrected chi connectivity index (χ1v) is 11.4. The molecule has 0 aliphatic rings. The molecule has 37 heavy (non-hydrogen) atoms. The fourth-order valence-electron chi connectivity index (χ4n) is 3.40. The van der Waals surface area contributed by atoms with Crippen LogP contribution >= 0.6 is 0 Å². The first-order valence-electron chi connectivity index (χ1n) is 11.4. The number of halogens is 1. The largest absolute Gasteiger partial charge is 0.443 e. The molecule has 2 heterocycles. The summed E-state index contributed by atoms with van der Waals surface area (Å²) in [6, 6.07) is 18.0. The fourth-order valence-corrected chi connectivity index (χ4v) is 3.40. The van der Waals surface area contributed by atoms with Crippen molar-refractivity contribution >= 4 is 17.9 Å². The topological polar surface area (TPSA) is 107 Å². The van der Waals surface area contributed by atoms with Gasteiger partial charge in [-0.1, -0.05) is 40.7 Å². The Labute approximate surface area is 212 Å². The van der Waals surface area contributed by atoms with Crippen molar-refractivity contribution in [3.63, 3.8) is 0 Å². The number of nitrogens with zero attached hydrogens (tertiary/aromatic N) is 3. The highest BCUT2D eigenvalue weighted by Gasteiger charge is 2.30. The summed E-state index contributed by atoms with van der Waals surface area (Å²) in [4.78, 5) is 35.1. The molecule has 0 atom stereocenters. The molecule has 0 radical (unpaired) electrons. The van der Waals surface area contributed by atoms with Crippen LogP contribution in [0.4, 0.5) is 15.1 Å². The minimum atomic E-state index is -0.888. The Morgan fingerprint density at radius 2 is 1.65 bits per heavy atom. The second-order valence-corrected chi connectivity index (χ2v) is 8.99. The van der Waals surface area contributed by atoms with Crippen molar-refractivity contribution in [1.29, 1.82) is 0 Å². The molecule has 2 aromatic carbocycles. The van der Waals surface area contributed by atoms with Crippen LogP contribution in [0, 0.1) is 5.82 Å². The summed E-state index contributed by atoms with van der Waals surface area (Å²) in [6.45, 7) is 5.09. The Kier molecular flexibility index (Phi) is 7.47. The van der Waals surface area contributed by atoms with Gasteiger partial charge in [0.25, 0.3) is 5.88 Å². The summed E-state index contributed by atoms with van der Waals surface area (Å²) in [5.41, 5.74) is 4.14. The van der Waals surface area contributed by atoms with Gasteiger partial charge in [0.15, 0.2) is 0 Å². The van der Waals surface area contributed by atoms with E-state index >= 15 is 0 Å². The molecule has 0 unspecified atom stereocenters. The molecule has 2 aromatic heterocycles. The second kappa shape index (κ2) is 10.9. The van der Waals surface area contributed by atoms with Crippen molar-refractivity contribution in [2.75, 3.05) is 5.17 Å². The van der Waals surface area contributed by atoms with Gasteiger partial charge >= 0.3 is 12.1 Å². The van der Waals surface area contributed by atoms with Crippen LogP contribution < -0.4 is 10.6 Å². The molecular weight excluding hydrogens is 479 g/mol. The maximum Gasteiger partial charge on any atom is 0.429 e. The molecule has 190 valence electrons. The SMILES string of the molecule is CC(C)(C)OC(=O)NN(OC(=O)Cc1ccccc1)c1onc(-c2ccc(F)cc2)c1-c1ccncc1. The minimum Gasteiger partial charge on any atom is -0.443 e. The first kappa shape index (κ1) is 25.4. The van der Waals surface area contributed by atoms with Crippen LogP contribution in [0.1, 0.15) is 26.3 Å². The molecule has 10 heteroatoms. The van der Waals surface area contributed by atoms with Gasteiger partial charge in [-0.2, -0.15) is 5.43 Å². The number of ether oxygens (including phenoxy) is 1. The molecule has 4 rings (SSSR count). The molecule has 0 aliphatic heterocycles. The summed E-state index contributed by atoms with van der Waals surface area (Å²) in [5, 5.41) is 4.93. The standard InChI is InChI=1S/C27H25FN4O5/c1-27(2,3)35-26(34)30-32(37-22(33)17-18-7-5-4-6-8-18)25-23(19-13-15-29-16-14-19)24(31-36-25)20-9-11-21(28)12-10-20/h4-16H,17H2,1-3H3,(H,30,34). The normalized spacial score (nSPS) is 11.0. The van der Waals surface area contributed by atoms with Crippen molar-refractivity contribution < 1.29 is 28.1 Å². The molecule has 4 aromatic rings. The predicted octanol–water partition coefficient (Wildman–Crippen LogP) is 5.49. The number of benzene rings is 2. The number of hydrazine groups is 1. The maximum atomic E-state index is 13.6. The van der Waals surface area contributed by atoms with Crippen molar-refractivity contribution in [3.8, 4) is 22.4 Å². The second-order valence-electron chi connectivity index (χ2n) is 8.99. The zero-order valence-electron chi connectivity index (χ0n) is 20.5. The molecule has 0 fully saturated rings. The Morgan fingerprint density at radius 1 is 0.973 bits per heavy atom. The number of nitrogens with one attached hydrogen (secondary N) is 1. The molecule has 9 nitrogen and oxygen atoms in total. The summed E-state index contributed by atoms with van der Waals surface area (Å²) >= 11 is 0. The Hall–Kier alpha value is -4.73. The zero-order valence-corrected chi connectivity index (χ0v) is 20.5. The third-order valence-corrected chi connectivity index (χ3v) is 4.92. The molecule has 0 aliphatic carbocycles. The highest BCUT2D eigenvalue weighted by molar-refractivity contribution is 5.88. The van der Waals surface area contributed by atoms with Gasteiger partial charge in [-0.15, -0.1) is 0 Å². The van der Waals surface area contributed by atoms with E-state index in [4.69, 9.17) is 14.1 Å². The lowest BCUT2D eigenvalue weighted by Gasteiger charge is -2.24. The molecule has 0 bridgehead atoms. The van der Waals surface area contributed by atoms with E-state index in [-0.39, 0.29) is 12.3 Å². The summed E-state index contributed by atoms with van der Waals surface area (Å²) in [7, 11) is 0. The average molecular weight is 505 g/mol. The number of carbonyl (C=O) groups is 2. The minimum absolute atomic E-state index is 0.0725. The number of rotatable bonds is 7. The van der Waals surface area contributed by atoms with E-state index in [9.17, 15) is 14.0 Å². The van der Waals surface area contributed by atoms with E-state index < -0.39 is 23.5 Å². The molecule has 1 amide bonds. The smallest absolute Gasteiger partial charge is 0.429 e. The van der Waals surface area contributed by atoms with Gasteiger partial charge in [0.1, 0.15) is 17.1 Å². The van der Waals surface area contributed by atoms with Crippen LogP contribution in [0.3, 0.4) is 0 Å². The monoisotopic (exact) mass is 504 g/mol. The highest BCUT2D eigenvalue weighted by atomic mass is 19.1. The van der Waals surface area contributed by atoms with Crippen molar-refractivity contribution in [3.05, 3.63) is 90.5 Å². The zero-order chi connectivity index (χ0) is 26.4. The van der Waals surface area contributed by atoms with Gasteiger partial charge in [0, 0.05) is 18.0 Å². The van der Waals surface area contributed by atoms with Crippen molar-refractivity contribution in [2.45, 2.75) is 32.8 Å². The summed E-state index contributed by atoms with van der Waals surface area (Å²) in [6.07, 6.45) is 2.17. The number of aromatic nitrogens is 2. The first-order chi connectivity index (χ1) is 17.7. The lowest BCUT2D eigenvalue weighted by Crippen LogP contribution is -2.46. The van der Waals surface area contributed by atoms with Crippen molar-refractivity contribution in [1.82, 2.24) is 15.6 Å². The summed E-state index contributed by atoms with van der Waals surface area (Å²) < 4.78 is 24.5. The van der Waals surface area contributed by atoms with Crippen LogP contribution in [-0.4, -0.2) is 27.8 Å². The molecule has 1 N–H and O–H groups in total. The van der Waals surface area contributed by atoms with Gasteiger partial charge in [-0.25, -0.2) is 14.0 Å². The van der Waals surface area contributed by atoms with Gasteiger partial charge < -0.3 is 14.1 Å². The molecule has 0 saturated carbocycles. The number of hydrogen-bond donors (Lipinski definition) is 1. The van der Waals surface area contributed by atoms with Crippen LogP contribution in [-0.2, 0) is 20.8 Å². The van der Waals surface area contributed by atoms with E-state index in [2.05, 4.69) is 15.6 Å². The van der Waals surface area contributed by atoms with E-state index in [0.717, 1.165) is 5.17 Å². The number of anilines is 1. The predicted molar refractivity (Wildman–Crippen MR) is 133 cm³/mol. The Morgan fingerprint density at radius 3 is 2.30 bits per heavy atom. The van der Waals surface area contributed by atoms with Gasteiger partial charge in [-0.05, 0) is 68.3 Å². The molecular formula is C27H25FN4O5.